The molecular weight excluding hydrogens is 230 g/mol. The number of thiophene rings is 1. The predicted octanol–water partition coefficient (Wildman–Crippen LogP) is 2.93. The molecule has 17 heavy (non-hydrogen) atoms. The van der Waals surface area contributed by atoms with Crippen LogP contribution in [0.1, 0.15) is 24.8 Å². The summed E-state index contributed by atoms with van der Waals surface area (Å²) in [5.41, 5.74) is 0. The summed E-state index contributed by atoms with van der Waals surface area (Å²) < 4.78 is 2.10. The third-order valence-electron chi connectivity index (χ3n) is 2.81. The lowest BCUT2D eigenvalue weighted by Gasteiger charge is -2.21. The quantitative estimate of drug-likeness (QED) is 0.853. The molecule has 1 unspecified atom stereocenters. The van der Waals surface area contributed by atoms with Gasteiger partial charge in [-0.25, -0.2) is 4.98 Å². The predicted molar refractivity (Wildman–Crippen MR) is 72.1 cm³/mol. The molecule has 92 valence electrons. The van der Waals surface area contributed by atoms with Crippen molar-refractivity contribution < 1.29 is 0 Å². The van der Waals surface area contributed by atoms with Crippen LogP contribution in [0.25, 0.3) is 0 Å². The molecule has 2 heterocycles. The zero-order valence-corrected chi connectivity index (χ0v) is 11.2. The summed E-state index contributed by atoms with van der Waals surface area (Å²) in [5.74, 6) is 0.608. The topological polar surface area (TPSA) is 29.9 Å². The fraction of sp³-hybridized carbons (Fsp3) is 0.462. The fourth-order valence-electron chi connectivity index (χ4n) is 1.90. The standard InChI is InChI=1S/C13H19N3S/c1-11(2)13(12-4-3-9-17-12)15-6-8-16-7-5-14-10-16/h3-5,7,9-11,13,15H,6,8H2,1-2H3. The van der Waals surface area contributed by atoms with Crippen molar-refractivity contribution in [2.24, 2.45) is 5.92 Å². The summed E-state index contributed by atoms with van der Waals surface area (Å²) in [6.07, 6.45) is 5.67. The smallest absolute Gasteiger partial charge is 0.0946 e. The average Bonchev–Trinajstić information content (AvgIpc) is 2.96. The normalized spacial score (nSPS) is 13.1. The van der Waals surface area contributed by atoms with E-state index in [0.717, 1.165) is 13.1 Å². The summed E-state index contributed by atoms with van der Waals surface area (Å²) in [6, 6.07) is 4.78. The molecule has 0 aromatic carbocycles. The van der Waals surface area contributed by atoms with Crippen LogP contribution in [-0.4, -0.2) is 16.1 Å². The van der Waals surface area contributed by atoms with Gasteiger partial charge in [0.1, 0.15) is 0 Å². The Balaban J connectivity index is 1.86. The monoisotopic (exact) mass is 249 g/mol. The van der Waals surface area contributed by atoms with Crippen LogP contribution >= 0.6 is 11.3 Å². The van der Waals surface area contributed by atoms with Crippen molar-refractivity contribution in [3.63, 3.8) is 0 Å². The van der Waals surface area contributed by atoms with Crippen molar-refractivity contribution in [2.75, 3.05) is 6.54 Å². The number of hydrogen-bond acceptors (Lipinski definition) is 3. The van der Waals surface area contributed by atoms with E-state index in [1.807, 2.05) is 30.1 Å². The van der Waals surface area contributed by atoms with Crippen molar-refractivity contribution in [2.45, 2.75) is 26.4 Å². The summed E-state index contributed by atoms with van der Waals surface area (Å²) in [4.78, 5) is 5.46. The summed E-state index contributed by atoms with van der Waals surface area (Å²) >= 11 is 1.83. The molecule has 0 spiro atoms. The molecular formula is C13H19N3S. The molecule has 0 saturated heterocycles. The second-order valence-electron chi connectivity index (χ2n) is 4.49. The van der Waals surface area contributed by atoms with Gasteiger partial charge in [0.15, 0.2) is 0 Å². The van der Waals surface area contributed by atoms with Crippen LogP contribution in [-0.2, 0) is 6.54 Å². The van der Waals surface area contributed by atoms with E-state index in [2.05, 4.69) is 46.2 Å². The maximum absolute atomic E-state index is 4.04. The number of imidazole rings is 1. The lowest BCUT2D eigenvalue weighted by Crippen LogP contribution is -2.28. The molecule has 0 fully saturated rings. The van der Waals surface area contributed by atoms with E-state index in [1.54, 1.807) is 0 Å². The highest BCUT2D eigenvalue weighted by atomic mass is 32.1. The molecule has 1 atom stereocenters. The zero-order chi connectivity index (χ0) is 12.1. The second kappa shape index (κ2) is 5.98. The third kappa shape index (κ3) is 3.41. The summed E-state index contributed by atoms with van der Waals surface area (Å²) in [7, 11) is 0. The molecule has 0 aliphatic heterocycles. The van der Waals surface area contributed by atoms with Crippen LogP contribution in [0.4, 0.5) is 0 Å². The molecule has 2 aromatic rings. The molecule has 0 aliphatic carbocycles. The number of aromatic nitrogens is 2. The Kier molecular flexibility index (Phi) is 4.34. The molecule has 1 N–H and O–H groups in total. The molecule has 2 aromatic heterocycles. The van der Waals surface area contributed by atoms with Gasteiger partial charge in [-0.05, 0) is 17.4 Å². The Hall–Kier alpha value is -1.13. The van der Waals surface area contributed by atoms with Crippen LogP contribution < -0.4 is 5.32 Å². The highest BCUT2D eigenvalue weighted by Crippen LogP contribution is 2.25. The van der Waals surface area contributed by atoms with Gasteiger partial charge < -0.3 is 9.88 Å². The SMILES string of the molecule is CC(C)C(NCCn1ccnc1)c1cccs1. The van der Waals surface area contributed by atoms with Gasteiger partial charge in [-0.1, -0.05) is 19.9 Å². The average molecular weight is 249 g/mol. The van der Waals surface area contributed by atoms with Crippen LogP contribution in [0, 0.1) is 5.92 Å². The van der Waals surface area contributed by atoms with Gasteiger partial charge in [0.25, 0.3) is 0 Å². The summed E-state index contributed by atoms with van der Waals surface area (Å²) in [6.45, 7) is 6.45. The van der Waals surface area contributed by atoms with Crippen molar-refractivity contribution in [1.29, 1.82) is 0 Å². The highest BCUT2D eigenvalue weighted by Gasteiger charge is 2.15. The number of rotatable bonds is 6. The molecule has 0 bridgehead atoms. The van der Waals surface area contributed by atoms with Gasteiger partial charge in [0.05, 0.1) is 6.33 Å². The van der Waals surface area contributed by atoms with Gasteiger partial charge in [-0.3, -0.25) is 0 Å². The first-order valence-corrected chi connectivity index (χ1v) is 6.88. The minimum atomic E-state index is 0.457. The lowest BCUT2D eigenvalue weighted by atomic mass is 10.0. The molecule has 2 rings (SSSR count). The first-order valence-electron chi connectivity index (χ1n) is 6.00. The lowest BCUT2D eigenvalue weighted by molar-refractivity contribution is 0.407. The zero-order valence-electron chi connectivity index (χ0n) is 10.3. The maximum atomic E-state index is 4.04. The first kappa shape index (κ1) is 12.3. The first-order chi connectivity index (χ1) is 8.27. The van der Waals surface area contributed by atoms with E-state index >= 15 is 0 Å². The summed E-state index contributed by atoms with van der Waals surface area (Å²) in [5, 5.41) is 5.76. The van der Waals surface area contributed by atoms with Gasteiger partial charge in [0.2, 0.25) is 0 Å². The van der Waals surface area contributed by atoms with Crippen molar-refractivity contribution >= 4 is 11.3 Å². The van der Waals surface area contributed by atoms with E-state index in [-0.39, 0.29) is 0 Å². The second-order valence-corrected chi connectivity index (χ2v) is 5.47. The minimum absolute atomic E-state index is 0.457. The number of hydrogen-bond donors (Lipinski definition) is 1. The van der Waals surface area contributed by atoms with Crippen LogP contribution in [0.15, 0.2) is 36.2 Å². The molecule has 0 saturated carbocycles. The minimum Gasteiger partial charge on any atom is -0.336 e. The Labute approximate surface area is 107 Å². The molecule has 4 heteroatoms. The van der Waals surface area contributed by atoms with Crippen molar-refractivity contribution in [3.05, 3.63) is 41.1 Å². The van der Waals surface area contributed by atoms with Gasteiger partial charge in [-0.2, -0.15) is 0 Å². The van der Waals surface area contributed by atoms with E-state index in [1.165, 1.54) is 4.88 Å². The van der Waals surface area contributed by atoms with Crippen LogP contribution in [0.2, 0.25) is 0 Å². The fourth-order valence-corrected chi connectivity index (χ4v) is 2.87. The van der Waals surface area contributed by atoms with E-state index in [4.69, 9.17) is 0 Å². The molecule has 3 nitrogen and oxygen atoms in total. The molecule has 0 aliphatic rings. The highest BCUT2D eigenvalue weighted by molar-refractivity contribution is 7.10. The Morgan fingerprint density at radius 3 is 2.94 bits per heavy atom. The van der Waals surface area contributed by atoms with E-state index < -0.39 is 0 Å². The third-order valence-corrected chi connectivity index (χ3v) is 3.77. The van der Waals surface area contributed by atoms with E-state index in [9.17, 15) is 0 Å². The van der Waals surface area contributed by atoms with Gasteiger partial charge in [0, 0.05) is 36.4 Å². The van der Waals surface area contributed by atoms with Gasteiger partial charge in [-0.15, -0.1) is 11.3 Å². The van der Waals surface area contributed by atoms with Gasteiger partial charge >= 0.3 is 0 Å². The number of nitrogens with one attached hydrogen (secondary N) is 1. The Morgan fingerprint density at radius 2 is 2.35 bits per heavy atom. The molecule has 0 amide bonds. The van der Waals surface area contributed by atoms with Crippen LogP contribution in [0.5, 0.6) is 0 Å². The Morgan fingerprint density at radius 1 is 1.47 bits per heavy atom. The Bertz CT molecular complexity index is 406. The maximum Gasteiger partial charge on any atom is 0.0946 e. The van der Waals surface area contributed by atoms with Crippen molar-refractivity contribution in [1.82, 2.24) is 14.9 Å². The largest absolute Gasteiger partial charge is 0.336 e. The van der Waals surface area contributed by atoms with Crippen molar-refractivity contribution in [3.8, 4) is 0 Å². The van der Waals surface area contributed by atoms with Crippen LogP contribution in [0.3, 0.4) is 0 Å². The number of nitrogens with zero attached hydrogens (tertiary/aromatic N) is 2. The van der Waals surface area contributed by atoms with E-state index in [0.29, 0.717) is 12.0 Å². The molecule has 0 radical (unpaired) electrons.